The zero-order chi connectivity index (χ0) is 19.7. The second kappa shape index (κ2) is 7.23. The van der Waals surface area contributed by atoms with Gasteiger partial charge in [-0.2, -0.15) is 26.3 Å². The molecule has 0 N–H and O–H groups in total. The van der Waals surface area contributed by atoms with Crippen molar-refractivity contribution in [3.05, 3.63) is 90.0 Å². The molecule has 0 aliphatic rings. The van der Waals surface area contributed by atoms with Gasteiger partial charge in [0.15, 0.2) is 0 Å². The van der Waals surface area contributed by atoms with E-state index in [1.807, 2.05) is 30.3 Å². The van der Waals surface area contributed by atoms with E-state index in [0.717, 1.165) is 29.5 Å². The second-order valence-electron chi connectivity index (χ2n) is 6.08. The van der Waals surface area contributed by atoms with Crippen LogP contribution >= 0.6 is 0 Å². The first-order chi connectivity index (χ1) is 12.7. The normalized spacial score (nSPS) is 12.4. The third kappa shape index (κ3) is 4.42. The van der Waals surface area contributed by atoms with E-state index in [9.17, 15) is 26.3 Å². The SMILES string of the molecule is FC(F)(F)c1ccc([SiH](c2ccccc2)c2ccc(C(F)(F)F)cc2)cc1. The largest absolute Gasteiger partial charge is 0.416 e. The van der Waals surface area contributed by atoms with E-state index in [1.54, 1.807) is 0 Å². The lowest BCUT2D eigenvalue weighted by Crippen LogP contribution is -2.52. The van der Waals surface area contributed by atoms with Crippen LogP contribution in [0.3, 0.4) is 0 Å². The van der Waals surface area contributed by atoms with Crippen LogP contribution in [0, 0.1) is 0 Å². The average molecular weight is 396 g/mol. The van der Waals surface area contributed by atoms with Crippen molar-refractivity contribution in [1.82, 2.24) is 0 Å². The van der Waals surface area contributed by atoms with Gasteiger partial charge in [0.05, 0.1) is 11.1 Å². The van der Waals surface area contributed by atoms with Crippen LogP contribution in [-0.4, -0.2) is 8.80 Å². The third-order valence-corrected chi connectivity index (χ3v) is 7.43. The van der Waals surface area contributed by atoms with Gasteiger partial charge in [0.2, 0.25) is 0 Å². The van der Waals surface area contributed by atoms with Gasteiger partial charge in [-0.25, -0.2) is 0 Å². The summed E-state index contributed by atoms with van der Waals surface area (Å²) in [4.78, 5) is 0. The molecule has 0 atom stereocenters. The Bertz CT molecular complexity index is 824. The molecule has 0 heterocycles. The van der Waals surface area contributed by atoms with Crippen molar-refractivity contribution in [2.75, 3.05) is 0 Å². The highest BCUT2D eigenvalue weighted by molar-refractivity contribution is 6.95. The third-order valence-electron chi connectivity index (χ3n) is 4.28. The van der Waals surface area contributed by atoms with E-state index in [4.69, 9.17) is 0 Å². The maximum Gasteiger partial charge on any atom is 0.416 e. The molecule has 0 aliphatic heterocycles. The van der Waals surface area contributed by atoms with Gasteiger partial charge in [-0.15, -0.1) is 0 Å². The minimum absolute atomic E-state index is 0.703. The molecule has 0 spiro atoms. The molecule has 140 valence electrons. The molecule has 0 fully saturated rings. The predicted molar refractivity (Wildman–Crippen MR) is 95.4 cm³/mol. The Morgan fingerprint density at radius 3 is 1.11 bits per heavy atom. The molecule has 0 saturated heterocycles. The van der Waals surface area contributed by atoms with E-state index >= 15 is 0 Å². The lowest BCUT2D eigenvalue weighted by atomic mass is 10.2. The van der Waals surface area contributed by atoms with Crippen LogP contribution in [0.4, 0.5) is 26.3 Å². The molecule has 0 saturated carbocycles. The molecule has 7 heteroatoms. The zero-order valence-electron chi connectivity index (χ0n) is 13.9. The number of benzene rings is 3. The summed E-state index contributed by atoms with van der Waals surface area (Å²) < 4.78 is 77.0. The Balaban J connectivity index is 2.05. The Morgan fingerprint density at radius 1 is 0.444 bits per heavy atom. The van der Waals surface area contributed by atoms with Crippen LogP contribution in [-0.2, 0) is 12.4 Å². The monoisotopic (exact) mass is 396 g/mol. The summed E-state index contributed by atoms with van der Waals surface area (Å²) in [5.74, 6) is 0. The number of hydrogen-bond donors (Lipinski definition) is 0. The first kappa shape index (κ1) is 19.2. The van der Waals surface area contributed by atoms with Gasteiger partial charge < -0.3 is 0 Å². The van der Waals surface area contributed by atoms with Gasteiger partial charge in [-0.3, -0.25) is 0 Å². The van der Waals surface area contributed by atoms with Gasteiger partial charge in [0.25, 0.3) is 0 Å². The highest BCUT2D eigenvalue weighted by Gasteiger charge is 2.32. The first-order valence-corrected chi connectivity index (χ1v) is 9.79. The van der Waals surface area contributed by atoms with Crippen LogP contribution in [0.1, 0.15) is 11.1 Å². The summed E-state index contributed by atoms with van der Waals surface area (Å²) in [7, 11) is -2.19. The topological polar surface area (TPSA) is 0 Å². The lowest BCUT2D eigenvalue weighted by molar-refractivity contribution is -0.138. The second-order valence-corrected chi connectivity index (χ2v) is 8.95. The maximum atomic E-state index is 12.8. The van der Waals surface area contributed by atoms with Gasteiger partial charge in [-0.05, 0) is 0 Å². The Kier molecular flexibility index (Phi) is 5.15. The highest BCUT2D eigenvalue weighted by atomic mass is 28.3. The molecular formula is C20H14F6Si. The van der Waals surface area contributed by atoms with Crippen LogP contribution in [0.25, 0.3) is 0 Å². The molecule has 27 heavy (non-hydrogen) atoms. The molecule has 0 bridgehead atoms. The van der Waals surface area contributed by atoms with E-state index in [0.29, 0.717) is 10.4 Å². The maximum absolute atomic E-state index is 12.8. The minimum atomic E-state index is -4.43. The van der Waals surface area contributed by atoms with E-state index in [2.05, 4.69) is 0 Å². The van der Waals surface area contributed by atoms with E-state index in [1.165, 1.54) is 24.3 Å². The molecule has 0 amide bonds. The van der Waals surface area contributed by atoms with Gasteiger partial charge >= 0.3 is 12.4 Å². The van der Waals surface area contributed by atoms with Crippen LogP contribution in [0.2, 0.25) is 0 Å². The van der Waals surface area contributed by atoms with E-state index < -0.39 is 32.3 Å². The van der Waals surface area contributed by atoms with Gasteiger partial charge in [-0.1, -0.05) is 94.4 Å². The minimum Gasteiger partial charge on any atom is -0.166 e. The number of rotatable bonds is 3. The van der Waals surface area contributed by atoms with Crippen molar-refractivity contribution in [2.24, 2.45) is 0 Å². The summed E-state index contributed by atoms with van der Waals surface area (Å²) in [6, 6.07) is 18.9. The van der Waals surface area contributed by atoms with Crippen molar-refractivity contribution >= 4 is 24.4 Å². The standard InChI is InChI=1S/C20H14F6Si/c21-19(22,23)14-6-10-17(11-7-14)27(16-4-2-1-3-5-16)18-12-8-15(9-13-18)20(24,25)26/h1-13,27H. The number of halogens is 6. The summed E-state index contributed by atoms with van der Waals surface area (Å²) in [5, 5.41) is 2.32. The lowest BCUT2D eigenvalue weighted by Gasteiger charge is -2.19. The van der Waals surface area contributed by atoms with Crippen molar-refractivity contribution < 1.29 is 26.3 Å². The first-order valence-electron chi connectivity index (χ1n) is 8.05. The molecule has 0 nitrogen and oxygen atoms in total. The van der Waals surface area contributed by atoms with Crippen molar-refractivity contribution in [3.63, 3.8) is 0 Å². The predicted octanol–water partition coefficient (Wildman–Crippen LogP) is 3.97. The summed E-state index contributed by atoms with van der Waals surface area (Å²) in [6.45, 7) is 0. The Hall–Kier alpha value is -2.54. The number of hydrogen-bond acceptors (Lipinski definition) is 0. The van der Waals surface area contributed by atoms with Crippen molar-refractivity contribution in [1.29, 1.82) is 0 Å². The smallest absolute Gasteiger partial charge is 0.166 e. The van der Waals surface area contributed by atoms with Crippen LogP contribution in [0.5, 0.6) is 0 Å². The number of alkyl halides is 6. The molecule has 3 aromatic rings. The Morgan fingerprint density at radius 2 is 0.778 bits per heavy atom. The molecular weight excluding hydrogens is 382 g/mol. The average Bonchev–Trinajstić information content (AvgIpc) is 2.62. The summed E-state index contributed by atoms with van der Waals surface area (Å²) in [6.07, 6.45) is -8.87. The van der Waals surface area contributed by atoms with Crippen LogP contribution < -0.4 is 15.6 Å². The fourth-order valence-electron chi connectivity index (χ4n) is 2.95. The highest BCUT2D eigenvalue weighted by Crippen LogP contribution is 2.29. The fourth-order valence-corrected chi connectivity index (χ4v) is 5.87. The summed E-state index contributed by atoms with van der Waals surface area (Å²) in [5.41, 5.74) is -1.50. The molecule has 0 unspecified atom stereocenters. The van der Waals surface area contributed by atoms with E-state index in [-0.39, 0.29) is 0 Å². The molecule has 3 rings (SSSR count). The quantitative estimate of drug-likeness (QED) is 0.357. The Labute approximate surface area is 153 Å². The summed E-state index contributed by atoms with van der Waals surface area (Å²) >= 11 is 0. The zero-order valence-corrected chi connectivity index (χ0v) is 15.0. The molecule has 3 aromatic carbocycles. The fraction of sp³-hybridized carbons (Fsp3) is 0.100. The van der Waals surface area contributed by atoms with Crippen LogP contribution in [0.15, 0.2) is 78.9 Å². The van der Waals surface area contributed by atoms with Crippen molar-refractivity contribution in [2.45, 2.75) is 12.4 Å². The van der Waals surface area contributed by atoms with Gasteiger partial charge in [0.1, 0.15) is 8.80 Å². The molecule has 0 aromatic heterocycles. The molecule has 0 aliphatic carbocycles. The molecule has 0 radical (unpaired) electrons. The van der Waals surface area contributed by atoms with Gasteiger partial charge in [0, 0.05) is 0 Å². The van der Waals surface area contributed by atoms with Crippen molar-refractivity contribution in [3.8, 4) is 0 Å².